The van der Waals surface area contributed by atoms with Crippen LogP contribution in [-0.4, -0.2) is 48.4 Å². The van der Waals surface area contributed by atoms with E-state index < -0.39 is 0 Å². The molecule has 1 saturated heterocycles. The lowest BCUT2D eigenvalue weighted by atomic mass is 9.98. The first kappa shape index (κ1) is 19.5. The van der Waals surface area contributed by atoms with Gasteiger partial charge >= 0.3 is 0 Å². The first-order valence-corrected chi connectivity index (χ1v) is 10.2. The number of aryl methyl sites for hydroxylation is 4. The van der Waals surface area contributed by atoms with Gasteiger partial charge in [-0.2, -0.15) is 15.2 Å². The first-order valence-electron chi connectivity index (χ1n) is 10.2. The third kappa shape index (κ3) is 4.00. The fraction of sp³-hybridized carbons (Fsp3) is 0.550. The van der Waals surface area contributed by atoms with Crippen LogP contribution in [0.15, 0.2) is 6.07 Å². The standard InChI is InChI=1S/C20H28N8O/c1-12-11-17-22-13(2)16(14(3)28(17)25-12)5-6-18(29)23-20-24-19(26-27(20)4)15-7-9-21-10-8-15/h11,15,21H,5-10H2,1-4H3,(H,23,24,26,29). The molecule has 1 fully saturated rings. The van der Waals surface area contributed by atoms with Crippen molar-refractivity contribution in [2.45, 2.75) is 52.4 Å². The molecule has 4 rings (SSSR count). The van der Waals surface area contributed by atoms with Crippen LogP contribution in [0.3, 0.4) is 0 Å². The molecule has 9 heteroatoms. The number of nitrogens with zero attached hydrogens (tertiary/aromatic N) is 6. The van der Waals surface area contributed by atoms with Crippen molar-refractivity contribution in [2.75, 3.05) is 18.4 Å². The second-order valence-corrected chi connectivity index (χ2v) is 7.81. The summed E-state index contributed by atoms with van der Waals surface area (Å²) in [5.74, 6) is 1.61. The zero-order valence-corrected chi connectivity index (χ0v) is 17.5. The van der Waals surface area contributed by atoms with E-state index in [1.807, 2.05) is 38.4 Å². The lowest BCUT2D eigenvalue weighted by molar-refractivity contribution is -0.116. The minimum absolute atomic E-state index is 0.0760. The highest BCUT2D eigenvalue weighted by molar-refractivity contribution is 5.89. The molecule has 9 nitrogen and oxygen atoms in total. The third-order valence-electron chi connectivity index (χ3n) is 5.62. The molecule has 0 aromatic carbocycles. The molecule has 154 valence electrons. The summed E-state index contributed by atoms with van der Waals surface area (Å²) in [6.07, 6.45) is 3.01. The van der Waals surface area contributed by atoms with Crippen LogP contribution in [0.4, 0.5) is 5.95 Å². The number of nitrogens with one attached hydrogen (secondary N) is 2. The molecule has 0 spiro atoms. The SMILES string of the molecule is Cc1cc2nc(C)c(CCC(=O)Nc3nc(C4CCNCC4)nn3C)c(C)n2n1. The first-order chi connectivity index (χ1) is 13.9. The Hall–Kier alpha value is -2.81. The Morgan fingerprint density at radius 3 is 2.72 bits per heavy atom. The number of hydrogen-bond acceptors (Lipinski definition) is 6. The van der Waals surface area contributed by atoms with Crippen LogP contribution in [0.2, 0.25) is 0 Å². The van der Waals surface area contributed by atoms with Gasteiger partial charge in [-0.1, -0.05) is 0 Å². The third-order valence-corrected chi connectivity index (χ3v) is 5.62. The van der Waals surface area contributed by atoms with Gasteiger partial charge in [0.2, 0.25) is 11.9 Å². The molecule has 4 heterocycles. The Balaban J connectivity index is 1.43. The molecule has 0 aliphatic carbocycles. The molecule has 1 amide bonds. The number of rotatable bonds is 5. The van der Waals surface area contributed by atoms with Crippen molar-refractivity contribution in [3.8, 4) is 0 Å². The zero-order valence-electron chi connectivity index (χ0n) is 17.5. The normalized spacial score (nSPS) is 15.2. The smallest absolute Gasteiger partial charge is 0.227 e. The molecule has 2 N–H and O–H groups in total. The Morgan fingerprint density at radius 2 is 1.97 bits per heavy atom. The van der Waals surface area contributed by atoms with Gasteiger partial charge in [0.05, 0.1) is 5.69 Å². The highest BCUT2D eigenvalue weighted by Gasteiger charge is 2.21. The second-order valence-electron chi connectivity index (χ2n) is 7.81. The average molecular weight is 396 g/mol. The fourth-order valence-corrected chi connectivity index (χ4v) is 3.99. The molecule has 0 unspecified atom stereocenters. The van der Waals surface area contributed by atoms with Crippen molar-refractivity contribution in [1.82, 2.24) is 34.7 Å². The second kappa shape index (κ2) is 7.90. The van der Waals surface area contributed by atoms with Gasteiger partial charge in [-0.05, 0) is 58.7 Å². The Labute approximate surface area is 169 Å². The van der Waals surface area contributed by atoms with Crippen LogP contribution in [0.1, 0.15) is 53.7 Å². The summed E-state index contributed by atoms with van der Waals surface area (Å²) in [7, 11) is 1.82. The molecule has 1 aliphatic heterocycles. The molecule has 29 heavy (non-hydrogen) atoms. The average Bonchev–Trinajstić information content (AvgIpc) is 3.24. The van der Waals surface area contributed by atoms with E-state index in [2.05, 4.69) is 30.8 Å². The van der Waals surface area contributed by atoms with Gasteiger partial charge in [-0.15, -0.1) is 0 Å². The number of carbonyl (C=O) groups excluding carboxylic acids is 1. The Morgan fingerprint density at radius 1 is 1.21 bits per heavy atom. The van der Waals surface area contributed by atoms with Gasteiger partial charge in [-0.25, -0.2) is 14.2 Å². The number of anilines is 1. The molecule has 0 saturated carbocycles. The number of hydrogen-bond donors (Lipinski definition) is 2. The topological polar surface area (TPSA) is 102 Å². The summed E-state index contributed by atoms with van der Waals surface area (Å²) in [6.45, 7) is 7.93. The van der Waals surface area contributed by atoms with Gasteiger partial charge in [0, 0.05) is 36.8 Å². The number of aromatic nitrogens is 6. The molecule has 3 aromatic heterocycles. The van der Waals surface area contributed by atoms with E-state index in [0.717, 1.165) is 60.0 Å². The number of amides is 1. The van der Waals surface area contributed by atoms with Crippen LogP contribution < -0.4 is 10.6 Å². The van der Waals surface area contributed by atoms with E-state index in [1.54, 1.807) is 4.68 Å². The summed E-state index contributed by atoms with van der Waals surface area (Å²) in [4.78, 5) is 21.8. The quantitative estimate of drug-likeness (QED) is 0.682. The number of carbonyl (C=O) groups is 1. The van der Waals surface area contributed by atoms with Crippen molar-refractivity contribution in [3.05, 3.63) is 34.5 Å². The summed E-state index contributed by atoms with van der Waals surface area (Å²) >= 11 is 0. The van der Waals surface area contributed by atoms with Crippen LogP contribution >= 0.6 is 0 Å². The van der Waals surface area contributed by atoms with Crippen LogP contribution in [0.5, 0.6) is 0 Å². The van der Waals surface area contributed by atoms with Crippen molar-refractivity contribution < 1.29 is 4.79 Å². The van der Waals surface area contributed by atoms with Crippen LogP contribution in [0, 0.1) is 20.8 Å². The zero-order chi connectivity index (χ0) is 20.5. The molecule has 0 radical (unpaired) electrons. The molecule has 3 aromatic rings. The number of piperidine rings is 1. The van der Waals surface area contributed by atoms with E-state index in [9.17, 15) is 4.79 Å². The van der Waals surface area contributed by atoms with Crippen molar-refractivity contribution >= 4 is 17.5 Å². The van der Waals surface area contributed by atoms with Crippen molar-refractivity contribution in [3.63, 3.8) is 0 Å². The predicted molar refractivity (Wildman–Crippen MR) is 110 cm³/mol. The monoisotopic (exact) mass is 396 g/mol. The summed E-state index contributed by atoms with van der Waals surface area (Å²) in [6, 6.07) is 1.96. The summed E-state index contributed by atoms with van der Waals surface area (Å²) in [5.41, 5.74) is 4.80. The fourth-order valence-electron chi connectivity index (χ4n) is 3.99. The molecular weight excluding hydrogens is 368 g/mol. The van der Waals surface area contributed by atoms with Crippen LogP contribution in [-0.2, 0) is 18.3 Å². The summed E-state index contributed by atoms with van der Waals surface area (Å²) in [5, 5.41) is 15.3. The Bertz CT molecular complexity index is 1040. The minimum Gasteiger partial charge on any atom is -0.317 e. The van der Waals surface area contributed by atoms with Gasteiger partial charge in [0.25, 0.3) is 0 Å². The maximum absolute atomic E-state index is 12.6. The Kier molecular flexibility index (Phi) is 5.31. The van der Waals surface area contributed by atoms with E-state index in [4.69, 9.17) is 0 Å². The lowest BCUT2D eigenvalue weighted by Gasteiger charge is -2.19. The predicted octanol–water partition coefficient (Wildman–Crippen LogP) is 1.82. The molecule has 1 aliphatic rings. The highest BCUT2D eigenvalue weighted by atomic mass is 16.1. The van der Waals surface area contributed by atoms with Gasteiger partial charge in [0.1, 0.15) is 0 Å². The minimum atomic E-state index is -0.0760. The molecular formula is C20H28N8O. The van der Waals surface area contributed by atoms with Crippen LogP contribution in [0.25, 0.3) is 5.65 Å². The summed E-state index contributed by atoms with van der Waals surface area (Å²) < 4.78 is 3.51. The van der Waals surface area contributed by atoms with E-state index >= 15 is 0 Å². The van der Waals surface area contributed by atoms with Gasteiger partial charge < -0.3 is 5.32 Å². The lowest BCUT2D eigenvalue weighted by Crippen LogP contribution is -2.27. The number of fused-ring (bicyclic) bond motifs is 1. The maximum atomic E-state index is 12.6. The van der Waals surface area contributed by atoms with E-state index in [-0.39, 0.29) is 5.91 Å². The highest BCUT2D eigenvalue weighted by Crippen LogP contribution is 2.23. The van der Waals surface area contributed by atoms with E-state index in [0.29, 0.717) is 24.7 Å². The maximum Gasteiger partial charge on any atom is 0.227 e. The molecule has 0 atom stereocenters. The van der Waals surface area contributed by atoms with Crippen molar-refractivity contribution in [2.24, 2.45) is 7.05 Å². The van der Waals surface area contributed by atoms with Gasteiger partial charge in [-0.3, -0.25) is 10.1 Å². The van der Waals surface area contributed by atoms with E-state index in [1.165, 1.54) is 0 Å². The molecule has 0 bridgehead atoms. The van der Waals surface area contributed by atoms with Crippen molar-refractivity contribution in [1.29, 1.82) is 0 Å². The largest absolute Gasteiger partial charge is 0.317 e. The van der Waals surface area contributed by atoms with Gasteiger partial charge in [0.15, 0.2) is 11.5 Å².